The molecule has 0 unspecified atom stereocenters. The molecule has 0 saturated carbocycles. The normalized spacial score (nSPS) is 14.4. The number of rotatable bonds is 3. The van der Waals surface area contributed by atoms with Gasteiger partial charge < -0.3 is 4.57 Å². The Morgan fingerprint density at radius 3 is 3.00 bits per heavy atom. The maximum Gasteiger partial charge on any atom is 0.257 e. The molecule has 18 heavy (non-hydrogen) atoms. The van der Waals surface area contributed by atoms with Gasteiger partial charge in [0.15, 0.2) is 0 Å². The summed E-state index contributed by atoms with van der Waals surface area (Å²) < 4.78 is 28.7. The minimum atomic E-state index is -2.40. The highest BCUT2D eigenvalue weighted by molar-refractivity contribution is 9.10. The number of aromatic nitrogens is 4. The maximum atomic E-state index is 12.3. The molecule has 0 aliphatic carbocycles. The van der Waals surface area contributed by atoms with Crippen molar-refractivity contribution in [1.29, 1.82) is 0 Å². The summed E-state index contributed by atoms with van der Waals surface area (Å²) in [5, 5.41) is 4.13. The molecule has 1 aliphatic rings. The average molecular weight is 317 g/mol. The van der Waals surface area contributed by atoms with Crippen molar-refractivity contribution >= 4 is 15.9 Å². The molecular weight excluding hydrogens is 306 g/mol. The van der Waals surface area contributed by atoms with Gasteiger partial charge >= 0.3 is 0 Å². The smallest absolute Gasteiger partial charge is 0.257 e. The van der Waals surface area contributed by atoms with Crippen molar-refractivity contribution in [3.05, 3.63) is 22.7 Å². The molecule has 3 rings (SSSR count). The van der Waals surface area contributed by atoms with Crippen LogP contribution in [0.1, 0.15) is 12.2 Å². The average Bonchev–Trinajstić information content (AvgIpc) is 2.96. The van der Waals surface area contributed by atoms with Crippen LogP contribution in [-0.4, -0.2) is 25.8 Å². The Hall–Kier alpha value is -1.24. The first kappa shape index (κ1) is 11.8. The highest BCUT2D eigenvalue weighted by atomic mass is 79.9. The van der Waals surface area contributed by atoms with Gasteiger partial charge in [0.05, 0.1) is 0 Å². The Balaban J connectivity index is 1.93. The number of nitrogens with zero attached hydrogens (tertiary/aromatic N) is 4. The van der Waals surface area contributed by atoms with Crippen LogP contribution in [0.5, 0.6) is 0 Å². The molecule has 2 aromatic heterocycles. The fraction of sp³-hybridized carbons (Fsp3) is 0.455. The molecule has 0 amide bonds. The van der Waals surface area contributed by atoms with Crippen molar-refractivity contribution < 1.29 is 8.78 Å². The zero-order chi connectivity index (χ0) is 12.7. The van der Waals surface area contributed by atoms with Crippen LogP contribution in [0.15, 0.2) is 16.9 Å². The highest BCUT2D eigenvalue weighted by Gasteiger charge is 2.21. The summed E-state index contributed by atoms with van der Waals surface area (Å²) >= 11 is 3.50. The molecule has 0 aromatic carbocycles. The first-order chi connectivity index (χ1) is 8.65. The van der Waals surface area contributed by atoms with E-state index < -0.39 is 6.43 Å². The van der Waals surface area contributed by atoms with E-state index in [0.717, 1.165) is 35.5 Å². The fourth-order valence-electron chi connectivity index (χ4n) is 2.18. The van der Waals surface area contributed by atoms with Crippen molar-refractivity contribution in [2.24, 2.45) is 0 Å². The third kappa shape index (κ3) is 1.96. The second kappa shape index (κ2) is 4.46. The van der Waals surface area contributed by atoms with Crippen LogP contribution in [0.2, 0.25) is 0 Å². The molecule has 96 valence electrons. The summed E-state index contributed by atoms with van der Waals surface area (Å²) in [4.78, 5) is 4.51. The zero-order valence-electron chi connectivity index (χ0n) is 9.48. The van der Waals surface area contributed by atoms with Gasteiger partial charge in [-0.1, -0.05) is 0 Å². The van der Waals surface area contributed by atoms with E-state index in [-0.39, 0.29) is 6.54 Å². The van der Waals surface area contributed by atoms with Gasteiger partial charge in [0, 0.05) is 19.2 Å². The first-order valence-electron chi connectivity index (χ1n) is 5.72. The van der Waals surface area contributed by atoms with Gasteiger partial charge in [-0.3, -0.25) is 4.68 Å². The molecule has 4 nitrogen and oxygen atoms in total. The van der Waals surface area contributed by atoms with Crippen molar-refractivity contribution in [2.75, 3.05) is 0 Å². The van der Waals surface area contributed by atoms with Gasteiger partial charge in [0.2, 0.25) is 0 Å². The number of fused-ring (bicyclic) bond motifs is 1. The van der Waals surface area contributed by atoms with E-state index in [4.69, 9.17) is 0 Å². The number of imidazole rings is 1. The second-order valence-electron chi connectivity index (χ2n) is 4.24. The number of halogens is 3. The molecule has 0 N–H and O–H groups in total. The van der Waals surface area contributed by atoms with Crippen molar-refractivity contribution in [2.45, 2.75) is 32.4 Å². The van der Waals surface area contributed by atoms with Crippen LogP contribution in [0, 0.1) is 0 Å². The van der Waals surface area contributed by atoms with Crippen LogP contribution in [0.3, 0.4) is 0 Å². The summed E-state index contributed by atoms with van der Waals surface area (Å²) in [5.74, 6) is 1.03. The SMILES string of the molecule is FC(F)Cn1ccc(-c2nc3n(c2Br)CCC3)n1. The Morgan fingerprint density at radius 1 is 1.44 bits per heavy atom. The van der Waals surface area contributed by atoms with Crippen molar-refractivity contribution in [3.8, 4) is 11.4 Å². The molecule has 3 heterocycles. The topological polar surface area (TPSA) is 35.6 Å². The molecular formula is C11H11BrF2N4. The van der Waals surface area contributed by atoms with Gasteiger partial charge in [-0.2, -0.15) is 5.10 Å². The van der Waals surface area contributed by atoms with Gasteiger partial charge in [-0.15, -0.1) is 0 Å². The predicted molar refractivity (Wildman–Crippen MR) is 65.5 cm³/mol. The molecule has 0 spiro atoms. The van der Waals surface area contributed by atoms with Gasteiger partial charge in [-0.05, 0) is 28.4 Å². The Morgan fingerprint density at radius 2 is 2.28 bits per heavy atom. The quantitative estimate of drug-likeness (QED) is 0.872. The summed E-state index contributed by atoms with van der Waals surface area (Å²) in [5.41, 5.74) is 1.36. The summed E-state index contributed by atoms with van der Waals surface area (Å²) in [7, 11) is 0. The molecule has 0 saturated heterocycles. The zero-order valence-corrected chi connectivity index (χ0v) is 11.1. The molecule has 0 fully saturated rings. The Labute approximate surface area is 111 Å². The number of hydrogen-bond acceptors (Lipinski definition) is 2. The van der Waals surface area contributed by atoms with Crippen LogP contribution >= 0.6 is 15.9 Å². The predicted octanol–water partition coefficient (Wildman–Crippen LogP) is 2.72. The summed E-state index contributed by atoms with van der Waals surface area (Å²) in [6, 6.07) is 1.71. The lowest BCUT2D eigenvalue weighted by atomic mass is 10.3. The molecule has 1 aliphatic heterocycles. The van der Waals surface area contributed by atoms with E-state index >= 15 is 0 Å². The fourth-order valence-corrected chi connectivity index (χ4v) is 2.86. The monoisotopic (exact) mass is 316 g/mol. The molecule has 0 atom stereocenters. The summed E-state index contributed by atoms with van der Waals surface area (Å²) in [6.45, 7) is 0.561. The van der Waals surface area contributed by atoms with Crippen LogP contribution in [0.25, 0.3) is 11.4 Å². The lowest BCUT2D eigenvalue weighted by Gasteiger charge is -1.99. The number of alkyl halides is 2. The third-order valence-electron chi connectivity index (χ3n) is 2.98. The van der Waals surface area contributed by atoms with Crippen LogP contribution in [0.4, 0.5) is 8.78 Å². The van der Waals surface area contributed by atoms with Crippen molar-refractivity contribution in [3.63, 3.8) is 0 Å². The Kier molecular flexibility index (Phi) is 2.93. The van der Waals surface area contributed by atoms with E-state index in [1.54, 1.807) is 12.3 Å². The van der Waals surface area contributed by atoms with Crippen molar-refractivity contribution in [1.82, 2.24) is 19.3 Å². The molecule has 7 heteroatoms. The van der Waals surface area contributed by atoms with Gasteiger partial charge in [0.25, 0.3) is 6.43 Å². The minimum absolute atomic E-state index is 0.384. The Bertz CT molecular complexity index is 576. The molecule has 2 aromatic rings. The van der Waals surface area contributed by atoms with Crippen LogP contribution < -0.4 is 0 Å². The van der Waals surface area contributed by atoms with E-state index in [1.807, 2.05) is 0 Å². The molecule has 0 bridgehead atoms. The highest BCUT2D eigenvalue weighted by Crippen LogP contribution is 2.31. The second-order valence-corrected chi connectivity index (χ2v) is 4.99. The maximum absolute atomic E-state index is 12.3. The van der Waals surface area contributed by atoms with Gasteiger partial charge in [-0.25, -0.2) is 13.8 Å². The van der Waals surface area contributed by atoms with Crippen LogP contribution in [-0.2, 0) is 19.5 Å². The van der Waals surface area contributed by atoms with E-state index in [9.17, 15) is 8.78 Å². The van der Waals surface area contributed by atoms with E-state index in [0.29, 0.717) is 5.69 Å². The number of aryl methyl sites for hydroxylation is 1. The van der Waals surface area contributed by atoms with E-state index in [1.165, 1.54) is 4.68 Å². The minimum Gasteiger partial charge on any atom is -0.322 e. The standard InChI is InChI=1S/C11H11BrF2N4/c12-11-10(15-9-2-1-4-18(9)11)7-3-5-17(16-7)6-8(13)14/h3,5,8H,1-2,4,6H2. The largest absolute Gasteiger partial charge is 0.322 e. The lowest BCUT2D eigenvalue weighted by Crippen LogP contribution is -2.06. The summed E-state index contributed by atoms with van der Waals surface area (Å²) in [6.07, 6.45) is 1.21. The number of hydrogen-bond donors (Lipinski definition) is 0. The molecule has 0 radical (unpaired) electrons. The van der Waals surface area contributed by atoms with E-state index in [2.05, 4.69) is 30.6 Å². The lowest BCUT2D eigenvalue weighted by molar-refractivity contribution is 0.122. The third-order valence-corrected chi connectivity index (χ3v) is 3.78. The van der Waals surface area contributed by atoms with Gasteiger partial charge in [0.1, 0.15) is 28.4 Å². The first-order valence-corrected chi connectivity index (χ1v) is 6.51.